The van der Waals surface area contributed by atoms with E-state index in [1.807, 2.05) is 7.05 Å². The van der Waals surface area contributed by atoms with Crippen LogP contribution in [0.2, 0.25) is 5.02 Å². The fourth-order valence-electron chi connectivity index (χ4n) is 3.04. The number of nitrogens with zero attached hydrogens (tertiary/aromatic N) is 6. The van der Waals surface area contributed by atoms with Gasteiger partial charge in [0.1, 0.15) is 11.5 Å². The van der Waals surface area contributed by atoms with Gasteiger partial charge in [-0.25, -0.2) is 19.7 Å². The number of likely N-dealkylation sites (N-methyl/N-ethyl adjacent to an activating group) is 1. The second kappa shape index (κ2) is 9.09. The monoisotopic (exact) mass is 424 g/mol. The van der Waals surface area contributed by atoms with Gasteiger partial charge in [-0.2, -0.15) is 0 Å². The fourth-order valence-corrected chi connectivity index (χ4v) is 3.15. The van der Waals surface area contributed by atoms with Crippen LogP contribution in [0.1, 0.15) is 22.4 Å². The molecule has 0 spiro atoms. The number of halogens is 1. The Hall–Kier alpha value is -2.86. The van der Waals surface area contributed by atoms with E-state index in [0.717, 1.165) is 13.1 Å². The molecule has 1 atom stereocenters. The molecule has 2 aliphatic rings. The highest BCUT2D eigenvalue weighted by atomic mass is 35.5. The minimum absolute atomic E-state index is 0. The van der Waals surface area contributed by atoms with Gasteiger partial charge in [-0.05, 0) is 19.2 Å². The van der Waals surface area contributed by atoms with Crippen LogP contribution in [0, 0.1) is 0 Å². The van der Waals surface area contributed by atoms with E-state index in [1.54, 1.807) is 17.0 Å². The lowest BCUT2D eigenvalue weighted by Crippen LogP contribution is -2.48. The summed E-state index contributed by atoms with van der Waals surface area (Å²) in [5.74, 6) is -0.121. The normalized spacial score (nSPS) is 18.6. The third-order valence-corrected chi connectivity index (χ3v) is 4.77. The van der Waals surface area contributed by atoms with Crippen LogP contribution in [0.3, 0.4) is 0 Å². The van der Waals surface area contributed by atoms with Crippen LogP contribution in [-0.2, 0) is 4.74 Å². The summed E-state index contributed by atoms with van der Waals surface area (Å²) in [5, 5.41) is 0.435. The average Bonchev–Trinajstić information content (AvgIpc) is 2.95. The first-order valence-corrected chi connectivity index (χ1v) is 8.82. The summed E-state index contributed by atoms with van der Waals surface area (Å²) in [6.07, 6.45) is 2.78. The predicted molar refractivity (Wildman–Crippen MR) is 104 cm³/mol. The number of hydrogen-bond donors (Lipinski definition) is 0. The van der Waals surface area contributed by atoms with Gasteiger partial charge >= 0.3 is 6.09 Å². The van der Waals surface area contributed by atoms with Gasteiger partial charge in [0.2, 0.25) is 6.23 Å². The van der Waals surface area contributed by atoms with Gasteiger partial charge in [0.05, 0.1) is 5.02 Å². The van der Waals surface area contributed by atoms with Crippen molar-refractivity contribution in [2.75, 3.05) is 38.1 Å². The van der Waals surface area contributed by atoms with Crippen molar-refractivity contribution in [1.82, 2.24) is 24.8 Å². The summed E-state index contributed by atoms with van der Waals surface area (Å²) in [4.78, 5) is 43.0. The van der Waals surface area contributed by atoms with Gasteiger partial charge in [-0.1, -0.05) is 11.6 Å². The number of anilines is 1. The quantitative estimate of drug-likeness (QED) is 0.652. The van der Waals surface area contributed by atoms with E-state index in [9.17, 15) is 9.59 Å². The number of hydrogen-bond acceptors (Lipinski definition) is 7. The molecule has 0 radical (unpaired) electrons. The van der Waals surface area contributed by atoms with Gasteiger partial charge in [0, 0.05) is 44.8 Å². The maximum absolute atomic E-state index is 12.8. The molecule has 29 heavy (non-hydrogen) atoms. The highest BCUT2D eigenvalue weighted by Crippen LogP contribution is 2.35. The molecule has 2 amide bonds. The summed E-state index contributed by atoms with van der Waals surface area (Å²) in [6, 6.07) is 3.20. The SMILES string of the molecule is CN1CCN(C(=O)O[C@H]2c3nccnc3C(=O)N2c2ccc(Cl)cn2)CC1.O.O. The molecule has 4 heterocycles. The number of amides is 2. The summed E-state index contributed by atoms with van der Waals surface area (Å²) in [6.45, 7) is 2.64. The highest BCUT2D eigenvalue weighted by Gasteiger charge is 2.44. The van der Waals surface area contributed by atoms with Crippen LogP contribution in [-0.4, -0.2) is 80.9 Å². The van der Waals surface area contributed by atoms with Crippen LogP contribution >= 0.6 is 11.6 Å². The predicted octanol–water partition coefficient (Wildman–Crippen LogP) is -0.0814. The van der Waals surface area contributed by atoms with E-state index in [-0.39, 0.29) is 16.6 Å². The molecule has 4 rings (SSSR count). The Bertz CT molecular complexity index is 875. The van der Waals surface area contributed by atoms with Gasteiger partial charge < -0.3 is 25.5 Å². The molecule has 1 fully saturated rings. The highest BCUT2D eigenvalue weighted by molar-refractivity contribution is 6.30. The lowest BCUT2D eigenvalue weighted by atomic mass is 10.3. The van der Waals surface area contributed by atoms with Crippen molar-refractivity contribution in [2.24, 2.45) is 0 Å². The summed E-state index contributed by atoms with van der Waals surface area (Å²) in [5.41, 5.74) is 0.437. The summed E-state index contributed by atoms with van der Waals surface area (Å²) >= 11 is 5.89. The van der Waals surface area contributed by atoms with Gasteiger partial charge in [0.15, 0.2) is 5.69 Å². The van der Waals surface area contributed by atoms with Gasteiger partial charge in [0.25, 0.3) is 5.91 Å². The number of carbonyl (C=O) groups excluding carboxylic acids is 2. The first-order chi connectivity index (χ1) is 13.0. The Kier molecular flexibility index (Phi) is 7.03. The van der Waals surface area contributed by atoms with Crippen molar-refractivity contribution in [3.8, 4) is 0 Å². The Morgan fingerprint density at radius 1 is 1.10 bits per heavy atom. The molecule has 2 aromatic heterocycles. The van der Waals surface area contributed by atoms with Gasteiger partial charge in [-0.3, -0.25) is 9.78 Å². The van der Waals surface area contributed by atoms with E-state index in [0.29, 0.717) is 29.6 Å². The largest absolute Gasteiger partial charge is 0.419 e. The van der Waals surface area contributed by atoms with Crippen LogP contribution in [0.15, 0.2) is 30.7 Å². The number of piperazine rings is 1. The van der Waals surface area contributed by atoms with Crippen LogP contribution in [0.5, 0.6) is 0 Å². The lowest BCUT2D eigenvalue weighted by molar-refractivity contribution is 0.0476. The zero-order valence-electron chi connectivity index (χ0n) is 15.6. The van der Waals surface area contributed by atoms with E-state index < -0.39 is 18.2 Å². The van der Waals surface area contributed by atoms with Gasteiger partial charge in [-0.15, -0.1) is 0 Å². The number of ether oxygens (including phenoxy) is 1. The van der Waals surface area contributed by atoms with Crippen molar-refractivity contribution < 1.29 is 25.3 Å². The maximum Gasteiger partial charge on any atom is 0.412 e. The zero-order chi connectivity index (χ0) is 19.0. The molecule has 11 nitrogen and oxygen atoms in total. The van der Waals surface area contributed by atoms with E-state index >= 15 is 0 Å². The van der Waals surface area contributed by atoms with E-state index in [4.69, 9.17) is 16.3 Å². The number of aromatic nitrogens is 3. The summed E-state index contributed by atoms with van der Waals surface area (Å²) < 4.78 is 5.68. The number of pyridine rings is 1. The molecule has 0 aliphatic carbocycles. The molecule has 0 bridgehead atoms. The third-order valence-electron chi connectivity index (χ3n) is 4.55. The van der Waals surface area contributed by atoms with Crippen molar-refractivity contribution in [1.29, 1.82) is 0 Å². The van der Waals surface area contributed by atoms with E-state index in [1.165, 1.54) is 23.5 Å². The van der Waals surface area contributed by atoms with Crippen LogP contribution < -0.4 is 4.90 Å². The third kappa shape index (κ3) is 4.27. The first-order valence-electron chi connectivity index (χ1n) is 8.44. The average molecular weight is 425 g/mol. The standard InChI is InChI=1S/C17H17ClN6O3.2H2O/c1-22-6-8-23(9-7-22)17(26)27-16-14-13(19-4-5-20-14)15(25)24(16)12-3-2-11(18)10-21-12;;/h2-5,10,16H,6-9H2,1H3;2*1H2/t16-;;/m0../s1. The summed E-state index contributed by atoms with van der Waals surface area (Å²) in [7, 11) is 2.00. The Labute approximate surface area is 171 Å². The topological polar surface area (TPSA) is 155 Å². The van der Waals surface area contributed by atoms with Crippen LogP contribution in [0.4, 0.5) is 10.6 Å². The Morgan fingerprint density at radius 3 is 2.45 bits per heavy atom. The number of fused-ring (bicyclic) bond motifs is 1. The second-order valence-corrected chi connectivity index (χ2v) is 6.76. The fraction of sp³-hybridized carbons (Fsp3) is 0.353. The minimum atomic E-state index is -1.03. The molecule has 2 aliphatic heterocycles. The van der Waals surface area contributed by atoms with Crippen molar-refractivity contribution >= 4 is 29.4 Å². The molecule has 4 N–H and O–H groups in total. The number of carbonyl (C=O) groups is 2. The molecule has 1 saturated heterocycles. The van der Waals surface area contributed by atoms with Crippen LogP contribution in [0.25, 0.3) is 0 Å². The molecule has 0 aromatic carbocycles. The number of rotatable bonds is 2. The van der Waals surface area contributed by atoms with Crippen molar-refractivity contribution in [2.45, 2.75) is 6.23 Å². The smallest absolute Gasteiger partial charge is 0.412 e. The molecular formula is C17H21ClN6O5. The molecule has 0 saturated carbocycles. The molecule has 156 valence electrons. The van der Waals surface area contributed by atoms with E-state index in [2.05, 4.69) is 19.9 Å². The van der Waals surface area contributed by atoms with Crippen molar-refractivity contribution in [3.05, 3.63) is 47.1 Å². The molecule has 0 unspecified atom stereocenters. The molecule has 2 aromatic rings. The Balaban J connectivity index is 0.00000150. The maximum atomic E-state index is 12.8. The Morgan fingerprint density at radius 2 is 1.79 bits per heavy atom. The second-order valence-electron chi connectivity index (χ2n) is 6.33. The zero-order valence-corrected chi connectivity index (χ0v) is 16.3. The molecule has 12 heteroatoms. The molecular weight excluding hydrogens is 404 g/mol. The van der Waals surface area contributed by atoms with Crippen molar-refractivity contribution in [3.63, 3.8) is 0 Å². The lowest BCUT2D eigenvalue weighted by Gasteiger charge is -2.33. The minimum Gasteiger partial charge on any atom is -0.419 e. The first kappa shape index (κ1) is 22.4.